The van der Waals surface area contributed by atoms with Crippen LogP contribution in [0, 0.1) is 0 Å². The van der Waals surface area contributed by atoms with E-state index in [9.17, 15) is 13.2 Å². The molecular formula is C23H26N4O3S2. The molecule has 0 aliphatic carbocycles. The predicted molar refractivity (Wildman–Crippen MR) is 126 cm³/mol. The van der Waals surface area contributed by atoms with Crippen molar-refractivity contribution in [2.75, 3.05) is 30.9 Å². The van der Waals surface area contributed by atoms with Crippen LogP contribution in [0.25, 0.3) is 0 Å². The zero-order chi connectivity index (χ0) is 22.4. The number of hydrogen-bond donors (Lipinski definition) is 1. The van der Waals surface area contributed by atoms with Gasteiger partial charge in [-0.05, 0) is 24.1 Å². The Bertz CT molecular complexity index is 1130. The Labute approximate surface area is 192 Å². The summed E-state index contributed by atoms with van der Waals surface area (Å²) in [6, 6.07) is 18.6. The predicted octanol–water partition coefficient (Wildman–Crippen LogP) is 3.22. The van der Waals surface area contributed by atoms with Gasteiger partial charge in [0.1, 0.15) is 0 Å². The molecule has 9 heteroatoms. The molecule has 0 spiro atoms. The van der Waals surface area contributed by atoms with Gasteiger partial charge in [-0.3, -0.25) is 14.4 Å². The maximum absolute atomic E-state index is 12.6. The van der Waals surface area contributed by atoms with E-state index in [4.69, 9.17) is 0 Å². The summed E-state index contributed by atoms with van der Waals surface area (Å²) in [5.74, 6) is 0.115. The first-order valence-electron chi connectivity index (χ1n) is 10.6. The molecule has 1 saturated heterocycles. The van der Waals surface area contributed by atoms with Crippen molar-refractivity contribution in [2.45, 2.75) is 24.3 Å². The van der Waals surface area contributed by atoms with Gasteiger partial charge in [0.2, 0.25) is 5.91 Å². The molecule has 2 heterocycles. The van der Waals surface area contributed by atoms with Crippen molar-refractivity contribution in [3.8, 4) is 0 Å². The lowest BCUT2D eigenvalue weighted by atomic mass is 10.2. The molecule has 0 radical (unpaired) electrons. The SMILES string of the molecule is O=C(CCc1csc(NS(=O)(=O)c2ccccc2)n1)N1CCN(Cc2ccccc2)CC1. The van der Waals surface area contributed by atoms with E-state index < -0.39 is 10.0 Å². The van der Waals surface area contributed by atoms with E-state index in [0.717, 1.165) is 38.4 Å². The minimum absolute atomic E-state index is 0.115. The summed E-state index contributed by atoms with van der Waals surface area (Å²) in [6.07, 6.45) is 0.861. The van der Waals surface area contributed by atoms with E-state index >= 15 is 0 Å². The average Bonchev–Trinajstić information content (AvgIpc) is 3.26. The Balaban J connectivity index is 1.23. The topological polar surface area (TPSA) is 82.6 Å². The Hall–Kier alpha value is -2.75. The molecule has 1 aromatic heterocycles. The quantitative estimate of drug-likeness (QED) is 0.547. The zero-order valence-electron chi connectivity index (χ0n) is 17.7. The fraction of sp³-hybridized carbons (Fsp3) is 0.304. The van der Waals surface area contributed by atoms with Gasteiger partial charge in [-0.2, -0.15) is 0 Å². The van der Waals surface area contributed by atoms with E-state index in [-0.39, 0.29) is 10.8 Å². The molecule has 1 amide bonds. The van der Waals surface area contributed by atoms with Gasteiger partial charge in [-0.25, -0.2) is 13.4 Å². The molecule has 3 aromatic rings. The number of amides is 1. The Morgan fingerprint density at radius 2 is 1.62 bits per heavy atom. The van der Waals surface area contributed by atoms with Crippen molar-refractivity contribution in [2.24, 2.45) is 0 Å². The van der Waals surface area contributed by atoms with Crippen molar-refractivity contribution in [3.05, 3.63) is 77.3 Å². The van der Waals surface area contributed by atoms with Gasteiger partial charge in [0.15, 0.2) is 5.13 Å². The Kier molecular flexibility index (Phi) is 7.19. The second-order valence-corrected chi connectivity index (χ2v) is 10.2. The lowest BCUT2D eigenvalue weighted by molar-refractivity contribution is -0.133. The van der Waals surface area contributed by atoms with Crippen LogP contribution in [0.3, 0.4) is 0 Å². The molecule has 0 atom stereocenters. The van der Waals surface area contributed by atoms with E-state index in [1.54, 1.807) is 23.6 Å². The number of thiazole rings is 1. The number of piperazine rings is 1. The second-order valence-electron chi connectivity index (χ2n) is 7.71. The summed E-state index contributed by atoms with van der Waals surface area (Å²) in [6.45, 7) is 4.09. The van der Waals surface area contributed by atoms with Crippen LogP contribution in [0.4, 0.5) is 5.13 Å². The standard InChI is InChI=1S/C23H26N4O3S2/c28-22(27-15-13-26(14-16-27)17-19-7-3-1-4-8-19)12-11-20-18-31-23(24-20)25-32(29,30)21-9-5-2-6-10-21/h1-10,18H,11-17H2,(H,24,25). The summed E-state index contributed by atoms with van der Waals surface area (Å²) < 4.78 is 27.3. The summed E-state index contributed by atoms with van der Waals surface area (Å²) in [7, 11) is -3.66. The van der Waals surface area contributed by atoms with Crippen molar-refractivity contribution in [1.29, 1.82) is 0 Å². The second kappa shape index (κ2) is 10.2. The van der Waals surface area contributed by atoms with Crippen LogP contribution < -0.4 is 4.72 Å². The first-order chi connectivity index (χ1) is 15.5. The van der Waals surface area contributed by atoms with Crippen molar-refractivity contribution in [3.63, 3.8) is 0 Å². The smallest absolute Gasteiger partial charge is 0.263 e. The number of rotatable bonds is 8. The monoisotopic (exact) mass is 470 g/mol. The molecule has 0 bridgehead atoms. The third-order valence-electron chi connectivity index (χ3n) is 5.40. The molecule has 1 N–H and O–H groups in total. The molecule has 2 aromatic carbocycles. The summed E-state index contributed by atoms with van der Waals surface area (Å²) in [4.78, 5) is 21.4. The lowest BCUT2D eigenvalue weighted by Crippen LogP contribution is -2.48. The number of aromatic nitrogens is 1. The van der Waals surface area contributed by atoms with Crippen LogP contribution in [0.15, 0.2) is 70.9 Å². The van der Waals surface area contributed by atoms with E-state index in [1.807, 2.05) is 23.1 Å². The fourth-order valence-corrected chi connectivity index (χ4v) is 5.65. The molecule has 168 valence electrons. The normalized spacial score (nSPS) is 14.9. The highest BCUT2D eigenvalue weighted by atomic mass is 32.2. The third kappa shape index (κ3) is 5.93. The highest BCUT2D eigenvalue weighted by Gasteiger charge is 2.21. The van der Waals surface area contributed by atoms with Gasteiger partial charge >= 0.3 is 0 Å². The van der Waals surface area contributed by atoms with Crippen molar-refractivity contribution >= 4 is 32.4 Å². The van der Waals surface area contributed by atoms with Gasteiger partial charge in [-0.1, -0.05) is 48.5 Å². The first-order valence-corrected chi connectivity index (χ1v) is 12.9. The minimum atomic E-state index is -3.66. The maximum Gasteiger partial charge on any atom is 0.263 e. The molecule has 1 fully saturated rings. The largest absolute Gasteiger partial charge is 0.340 e. The number of nitrogens with zero attached hydrogens (tertiary/aromatic N) is 3. The number of anilines is 1. The van der Waals surface area contributed by atoms with Crippen LogP contribution in [-0.2, 0) is 27.8 Å². The maximum atomic E-state index is 12.6. The molecule has 0 unspecified atom stereocenters. The van der Waals surface area contributed by atoms with E-state index in [1.165, 1.54) is 29.0 Å². The van der Waals surface area contributed by atoms with Crippen LogP contribution >= 0.6 is 11.3 Å². The molecular weight excluding hydrogens is 444 g/mol. The highest BCUT2D eigenvalue weighted by Crippen LogP contribution is 2.21. The van der Waals surface area contributed by atoms with Gasteiger partial charge in [0, 0.05) is 44.5 Å². The van der Waals surface area contributed by atoms with Crippen LogP contribution in [0.1, 0.15) is 17.7 Å². The Morgan fingerprint density at radius 1 is 0.969 bits per heavy atom. The zero-order valence-corrected chi connectivity index (χ0v) is 19.3. The number of hydrogen-bond acceptors (Lipinski definition) is 6. The van der Waals surface area contributed by atoms with Crippen LogP contribution in [0.5, 0.6) is 0 Å². The number of carbonyl (C=O) groups excluding carboxylic acids is 1. The number of carbonyl (C=O) groups is 1. The molecule has 7 nitrogen and oxygen atoms in total. The first kappa shape index (κ1) is 22.4. The molecule has 4 rings (SSSR count). The van der Waals surface area contributed by atoms with E-state index in [2.05, 4.69) is 26.7 Å². The molecule has 0 saturated carbocycles. The van der Waals surface area contributed by atoms with Gasteiger partial charge in [0.25, 0.3) is 10.0 Å². The van der Waals surface area contributed by atoms with Crippen LogP contribution in [-0.4, -0.2) is 55.3 Å². The third-order valence-corrected chi connectivity index (χ3v) is 7.69. The Morgan fingerprint density at radius 3 is 2.31 bits per heavy atom. The number of aryl methyl sites for hydroxylation is 1. The number of nitrogens with one attached hydrogen (secondary N) is 1. The highest BCUT2D eigenvalue weighted by molar-refractivity contribution is 7.93. The number of benzene rings is 2. The number of sulfonamides is 1. The van der Waals surface area contributed by atoms with Gasteiger partial charge < -0.3 is 4.90 Å². The lowest BCUT2D eigenvalue weighted by Gasteiger charge is -2.34. The summed E-state index contributed by atoms with van der Waals surface area (Å²) >= 11 is 1.23. The van der Waals surface area contributed by atoms with Crippen LogP contribution in [0.2, 0.25) is 0 Å². The van der Waals surface area contributed by atoms with Gasteiger partial charge in [-0.15, -0.1) is 11.3 Å². The minimum Gasteiger partial charge on any atom is -0.340 e. The summed E-state index contributed by atoms with van der Waals surface area (Å²) in [5, 5.41) is 2.11. The molecule has 1 aliphatic heterocycles. The van der Waals surface area contributed by atoms with Crippen molar-refractivity contribution in [1.82, 2.24) is 14.8 Å². The molecule has 1 aliphatic rings. The summed E-state index contributed by atoms with van der Waals surface area (Å²) in [5.41, 5.74) is 2.01. The van der Waals surface area contributed by atoms with Gasteiger partial charge in [0.05, 0.1) is 10.6 Å². The van der Waals surface area contributed by atoms with E-state index in [0.29, 0.717) is 18.0 Å². The van der Waals surface area contributed by atoms with Crippen molar-refractivity contribution < 1.29 is 13.2 Å². The molecule has 32 heavy (non-hydrogen) atoms. The average molecular weight is 471 g/mol. The fourth-order valence-electron chi connectivity index (χ4n) is 3.63.